The normalized spacial score (nSPS) is 26.0. The molecule has 1 atom stereocenters. The second kappa shape index (κ2) is 6.39. The van der Waals surface area contributed by atoms with Crippen LogP contribution in [0.25, 0.3) is 0 Å². The van der Waals surface area contributed by atoms with E-state index in [1.807, 2.05) is 0 Å². The Morgan fingerprint density at radius 1 is 1.31 bits per heavy atom. The van der Waals surface area contributed by atoms with Crippen LogP contribution in [0.5, 0.6) is 0 Å². The van der Waals surface area contributed by atoms with E-state index in [1.165, 1.54) is 0 Å². The fraction of sp³-hybridized carbons (Fsp3) is 0.929. The summed E-state index contributed by atoms with van der Waals surface area (Å²) in [5.74, 6) is 1.11. The molecule has 0 radical (unpaired) electrons. The van der Waals surface area contributed by atoms with Crippen molar-refractivity contribution in [3.63, 3.8) is 0 Å². The van der Waals surface area contributed by atoms with Crippen LogP contribution in [0, 0.1) is 11.3 Å². The zero-order chi connectivity index (χ0) is 12.0. The molecule has 94 valence electrons. The Morgan fingerprint density at radius 3 is 2.44 bits per heavy atom. The van der Waals surface area contributed by atoms with Gasteiger partial charge in [-0.05, 0) is 31.7 Å². The molecule has 1 heterocycles. The summed E-state index contributed by atoms with van der Waals surface area (Å²) in [6, 6.07) is 0. The molecule has 1 fully saturated rings. The van der Waals surface area contributed by atoms with Gasteiger partial charge in [0.25, 0.3) is 0 Å². The smallest absolute Gasteiger partial charge is 0.140 e. The average molecular weight is 225 g/mol. The van der Waals surface area contributed by atoms with Crippen molar-refractivity contribution in [2.24, 2.45) is 11.3 Å². The van der Waals surface area contributed by atoms with E-state index in [0.717, 1.165) is 51.6 Å². The second-order valence-corrected chi connectivity index (χ2v) is 5.22. The molecule has 0 aliphatic carbocycles. The number of hydrogen-bond acceptors (Lipinski definition) is 2. The van der Waals surface area contributed by atoms with Gasteiger partial charge in [-0.15, -0.1) is 0 Å². The lowest BCUT2D eigenvalue weighted by Gasteiger charge is -2.36. The molecule has 1 aliphatic rings. The minimum atomic E-state index is -0.0408. The number of rotatable bonds is 6. The first-order valence-corrected chi connectivity index (χ1v) is 6.92. The van der Waals surface area contributed by atoms with Gasteiger partial charge < -0.3 is 5.32 Å². The van der Waals surface area contributed by atoms with Gasteiger partial charge in [-0.2, -0.15) is 0 Å². The van der Waals surface area contributed by atoms with Crippen LogP contribution in [0.3, 0.4) is 0 Å². The first kappa shape index (κ1) is 13.7. The monoisotopic (exact) mass is 225 g/mol. The van der Waals surface area contributed by atoms with Crippen molar-refractivity contribution in [1.29, 1.82) is 0 Å². The predicted molar refractivity (Wildman–Crippen MR) is 68.5 cm³/mol. The standard InChI is InChI=1S/C14H27NO/c1-4-12(5-2)10-13(16)14(6-3)8-7-9-15-11-14/h12,15H,4-11H2,1-3H3. The van der Waals surface area contributed by atoms with Crippen LogP contribution in [0.1, 0.15) is 59.3 Å². The van der Waals surface area contributed by atoms with Gasteiger partial charge >= 0.3 is 0 Å². The fourth-order valence-electron chi connectivity index (χ4n) is 2.76. The number of ketones is 1. The lowest BCUT2D eigenvalue weighted by molar-refractivity contribution is -0.131. The van der Waals surface area contributed by atoms with E-state index in [9.17, 15) is 4.79 Å². The molecule has 2 heteroatoms. The summed E-state index contributed by atoms with van der Waals surface area (Å²) in [5.41, 5.74) is -0.0408. The second-order valence-electron chi connectivity index (χ2n) is 5.22. The van der Waals surface area contributed by atoms with Crippen LogP contribution in [0.15, 0.2) is 0 Å². The molecule has 0 bridgehead atoms. The van der Waals surface area contributed by atoms with Crippen molar-refractivity contribution in [1.82, 2.24) is 5.32 Å². The van der Waals surface area contributed by atoms with Crippen LogP contribution < -0.4 is 5.32 Å². The van der Waals surface area contributed by atoms with Gasteiger partial charge in [0.1, 0.15) is 5.78 Å². The van der Waals surface area contributed by atoms with Crippen molar-refractivity contribution < 1.29 is 4.79 Å². The Labute approximate surface area is 100 Å². The lowest BCUT2D eigenvalue weighted by atomic mass is 9.72. The van der Waals surface area contributed by atoms with Crippen LogP contribution in [-0.2, 0) is 4.79 Å². The molecule has 0 saturated carbocycles. The molecule has 1 N–H and O–H groups in total. The molecular weight excluding hydrogens is 198 g/mol. The topological polar surface area (TPSA) is 29.1 Å². The first-order chi connectivity index (χ1) is 7.68. The minimum absolute atomic E-state index is 0.0408. The Hall–Kier alpha value is -0.370. The third-order valence-electron chi connectivity index (χ3n) is 4.37. The highest BCUT2D eigenvalue weighted by Gasteiger charge is 2.37. The zero-order valence-electron chi connectivity index (χ0n) is 11.1. The summed E-state index contributed by atoms with van der Waals surface area (Å²) in [7, 11) is 0. The number of carbonyl (C=O) groups excluding carboxylic acids is 1. The van der Waals surface area contributed by atoms with E-state index in [4.69, 9.17) is 0 Å². The molecule has 2 nitrogen and oxygen atoms in total. The molecule has 0 aromatic heterocycles. The molecule has 1 unspecified atom stereocenters. The minimum Gasteiger partial charge on any atom is -0.316 e. The quantitative estimate of drug-likeness (QED) is 0.752. The van der Waals surface area contributed by atoms with E-state index in [0.29, 0.717) is 11.7 Å². The summed E-state index contributed by atoms with van der Waals surface area (Å²) < 4.78 is 0. The third-order valence-corrected chi connectivity index (χ3v) is 4.37. The Kier molecular flexibility index (Phi) is 5.47. The van der Waals surface area contributed by atoms with Crippen molar-refractivity contribution >= 4 is 5.78 Å². The Bertz CT molecular complexity index is 215. The van der Waals surface area contributed by atoms with Gasteiger partial charge in [0.05, 0.1) is 0 Å². The highest BCUT2D eigenvalue weighted by Crippen LogP contribution is 2.34. The van der Waals surface area contributed by atoms with Gasteiger partial charge in [0, 0.05) is 18.4 Å². The summed E-state index contributed by atoms with van der Waals surface area (Å²) in [5, 5.41) is 3.40. The summed E-state index contributed by atoms with van der Waals surface area (Å²) >= 11 is 0. The molecule has 1 saturated heterocycles. The first-order valence-electron chi connectivity index (χ1n) is 6.92. The summed E-state index contributed by atoms with van der Waals surface area (Å²) in [4.78, 5) is 12.4. The molecule has 16 heavy (non-hydrogen) atoms. The van der Waals surface area contributed by atoms with E-state index >= 15 is 0 Å². The number of nitrogens with one attached hydrogen (secondary N) is 1. The van der Waals surface area contributed by atoms with Crippen molar-refractivity contribution in [3.8, 4) is 0 Å². The maximum absolute atomic E-state index is 12.4. The molecular formula is C14H27NO. The highest BCUT2D eigenvalue weighted by molar-refractivity contribution is 5.85. The summed E-state index contributed by atoms with van der Waals surface area (Å²) in [6.07, 6.45) is 6.31. The van der Waals surface area contributed by atoms with Crippen LogP contribution in [0.4, 0.5) is 0 Å². The average Bonchev–Trinajstić information content (AvgIpc) is 2.36. The number of carbonyl (C=O) groups is 1. The van der Waals surface area contributed by atoms with Gasteiger partial charge in [0.2, 0.25) is 0 Å². The van der Waals surface area contributed by atoms with E-state index in [1.54, 1.807) is 0 Å². The zero-order valence-corrected chi connectivity index (χ0v) is 11.1. The molecule has 0 aromatic carbocycles. The maximum Gasteiger partial charge on any atom is 0.140 e. The van der Waals surface area contributed by atoms with Crippen molar-refractivity contribution in [2.75, 3.05) is 13.1 Å². The van der Waals surface area contributed by atoms with Crippen molar-refractivity contribution in [3.05, 3.63) is 0 Å². The lowest BCUT2D eigenvalue weighted by Crippen LogP contribution is -2.45. The molecule has 1 aliphatic heterocycles. The van der Waals surface area contributed by atoms with E-state index in [-0.39, 0.29) is 5.41 Å². The highest BCUT2D eigenvalue weighted by atomic mass is 16.1. The van der Waals surface area contributed by atoms with Gasteiger partial charge in [-0.3, -0.25) is 4.79 Å². The van der Waals surface area contributed by atoms with Crippen LogP contribution in [-0.4, -0.2) is 18.9 Å². The van der Waals surface area contributed by atoms with E-state index < -0.39 is 0 Å². The van der Waals surface area contributed by atoms with Crippen LogP contribution >= 0.6 is 0 Å². The predicted octanol–water partition coefficient (Wildman–Crippen LogP) is 3.16. The fourth-order valence-corrected chi connectivity index (χ4v) is 2.76. The molecule has 0 aromatic rings. The summed E-state index contributed by atoms with van der Waals surface area (Å²) in [6.45, 7) is 8.54. The van der Waals surface area contributed by atoms with Crippen molar-refractivity contribution in [2.45, 2.75) is 59.3 Å². The third kappa shape index (κ3) is 3.07. The van der Waals surface area contributed by atoms with Gasteiger partial charge in [0.15, 0.2) is 0 Å². The van der Waals surface area contributed by atoms with Gasteiger partial charge in [-0.1, -0.05) is 33.6 Å². The van der Waals surface area contributed by atoms with Crippen LogP contribution in [0.2, 0.25) is 0 Å². The Morgan fingerprint density at radius 2 is 2.00 bits per heavy atom. The SMILES string of the molecule is CCC(CC)CC(=O)C1(CC)CCCNC1. The maximum atomic E-state index is 12.4. The largest absolute Gasteiger partial charge is 0.316 e. The Balaban J connectivity index is 2.61. The number of Topliss-reactive ketones (excluding diaryl/α,β-unsaturated/α-hetero) is 1. The molecule has 1 rings (SSSR count). The van der Waals surface area contributed by atoms with E-state index in [2.05, 4.69) is 26.1 Å². The molecule has 0 spiro atoms. The number of piperidine rings is 1. The van der Waals surface area contributed by atoms with Gasteiger partial charge in [-0.25, -0.2) is 0 Å². The molecule has 0 amide bonds. The number of hydrogen-bond donors (Lipinski definition) is 1.